The highest BCUT2D eigenvalue weighted by Crippen LogP contribution is 2.29. The molecule has 0 radical (unpaired) electrons. The molecular formula is C32H42O5. The van der Waals surface area contributed by atoms with Crippen molar-refractivity contribution in [1.82, 2.24) is 0 Å². The Balaban J connectivity index is 1.74. The van der Waals surface area contributed by atoms with E-state index in [1.807, 2.05) is 62.4 Å². The van der Waals surface area contributed by atoms with Crippen LogP contribution < -0.4 is 0 Å². The van der Waals surface area contributed by atoms with Crippen LogP contribution in [0.4, 0.5) is 0 Å². The smallest absolute Gasteiger partial charge is 0.269 e. The van der Waals surface area contributed by atoms with Gasteiger partial charge in [0.15, 0.2) is 0 Å². The predicted octanol–water partition coefficient (Wildman–Crippen LogP) is 5.76. The number of aliphatic hydroxyl groups excluding tert-OH is 2. The summed E-state index contributed by atoms with van der Waals surface area (Å²) in [6.07, 6.45) is 17.8. The average molecular weight is 507 g/mol. The van der Waals surface area contributed by atoms with E-state index in [0.717, 1.165) is 18.4 Å². The number of rotatable bonds is 13. The van der Waals surface area contributed by atoms with E-state index < -0.39 is 23.8 Å². The van der Waals surface area contributed by atoms with Crippen LogP contribution in [-0.4, -0.2) is 39.1 Å². The van der Waals surface area contributed by atoms with Gasteiger partial charge in [-0.25, -0.2) is 0 Å². The lowest BCUT2D eigenvalue weighted by molar-refractivity contribution is -0.168. The highest BCUT2D eigenvalue weighted by molar-refractivity contribution is 6.02. The number of aliphatic hydroxyl groups is 3. The van der Waals surface area contributed by atoms with E-state index in [4.69, 9.17) is 4.74 Å². The number of hydrogen-bond acceptors (Lipinski definition) is 5. The quantitative estimate of drug-likeness (QED) is 0.296. The third-order valence-electron chi connectivity index (χ3n) is 6.52. The van der Waals surface area contributed by atoms with Gasteiger partial charge >= 0.3 is 0 Å². The fourth-order valence-corrected chi connectivity index (χ4v) is 4.03. The number of benzene rings is 1. The molecule has 5 heteroatoms. The summed E-state index contributed by atoms with van der Waals surface area (Å²) in [7, 11) is 0. The van der Waals surface area contributed by atoms with Gasteiger partial charge in [-0.1, -0.05) is 98.4 Å². The first-order valence-electron chi connectivity index (χ1n) is 12.9. The summed E-state index contributed by atoms with van der Waals surface area (Å²) in [6, 6.07) is 10.4. The fourth-order valence-electron chi connectivity index (χ4n) is 4.03. The van der Waals surface area contributed by atoms with Gasteiger partial charge in [0.25, 0.3) is 5.79 Å². The van der Waals surface area contributed by atoms with Crippen LogP contribution in [-0.2, 0) is 16.0 Å². The first kappa shape index (κ1) is 30.2. The van der Waals surface area contributed by atoms with E-state index >= 15 is 0 Å². The van der Waals surface area contributed by atoms with E-state index in [2.05, 4.69) is 19.1 Å². The molecule has 3 N–H and O–H groups in total. The normalized spacial score (nSPS) is 22.5. The molecule has 0 spiro atoms. The summed E-state index contributed by atoms with van der Waals surface area (Å²) in [6.45, 7) is 9.05. The lowest BCUT2D eigenvalue weighted by Crippen LogP contribution is -2.32. The van der Waals surface area contributed by atoms with Crippen molar-refractivity contribution in [2.45, 2.75) is 71.9 Å². The van der Waals surface area contributed by atoms with Crippen LogP contribution in [0, 0.1) is 11.8 Å². The van der Waals surface area contributed by atoms with Crippen LogP contribution >= 0.6 is 0 Å². The topological polar surface area (TPSA) is 87.0 Å². The van der Waals surface area contributed by atoms with Gasteiger partial charge in [-0.2, -0.15) is 0 Å². The van der Waals surface area contributed by atoms with Gasteiger partial charge in [-0.3, -0.25) is 4.79 Å². The summed E-state index contributed by atoms with van der Waals surface area (Å²) in [4.78, 5) is 11.8. The van der Waals surface area contributed by atoms with Gasteiger partial charge in [0.05, 0.1) is 12.2 Å². The van der Waals surface area contributed by atoms with E-state index in [1.165, 1.54) is 12.5 Å². The molecule has 5 nitrogen and oxygen atoms in total. The largest absolute Gasteiger partial charge is 0.455 e. The first-order valence-corrected chi connectivity index (χ1v) is 12.9. The number of ether oxygens (including phenoxy) is 1. The molecule has 5 unspecified atom stereocenters. The molecule has 1 aliphatic rings. The highest BCUT2D eigenvalue weighted by atomic mass is 16.6. The zero-order valence-electron chi connectivity index (χ0n) is 22.7. The number of hydrogen-bond donors (Lipinski definition) is 3. The number of aryl methyl sites for hydroxylation is 1. The molecule has 0 saturated carbocycles. The van der Waals surface area contributed by atoms with Crippen molar-refractivity contribution >= 4 is 5.78 Å². The van der Waals surface area contributed by atoms with Gasteiger partial charge in [-0.05, 0) is 50.7 Å². The fraction of sp³-hybridized carbons (Fsp3) is 0.406. The predicted molar refractivity (Wildman–Crippen MR) is 149 cm³/mol. The summed E-state index contributed by atoms with van der Waals surface area (Å²) >= 11 is 0. The van der Waals surface area contributed by atoms with Crippen LogP contribution in [0.5, 0.6) is 0 Å². The molecule has 37 heavy (non-hydrogen) atoms. The number of ketones is 1. The van der Waals surface area contributed by atoms with Crippen molar-refractivity contribution in [2.24, 2.45) is 11.8 Å². The maximum absolute atomic E-state index is 11.8. The SMILES string of the molecule is CC1=C(/C=C/CC(O)\C=C/C=C/C(C)=C/C=C/C(C)C(O)C(C)CCc2ccccc2)OC(C)(O)C1=O. The third kappa shape index (κ3) is 10.1. The summed E-state index contributed by atoms with van der Waals surface area (Å²) in [5.74, 6) is -1.68. The van der Waals surface area contributed by atoms with Gasteiger partial charge in [0.1, 0.15) is 5.76 Å². The molecule has 0 bridgehead atoms. The Bertz CT molecular complexity index is 1060. The Hall–Kier alpha value is -2.99. The Morgan fingerprint density at radius 1 is 1.08 bits per heavy atom. The van der Waals surface area contributed by atoms with Crippen molar-refractivity contribution in [2.75, 3.05) is 0 Å². The van der Waals surface area contributed by atoms with Gasteiger partial charge in [0, 0.05) is 18.4 Å². The second kappa shape index (κ2) is 14.7. The number of carbonyl (C=O) groups is 1. The lowest BCUT2D eigenvalue weighted by atomic mass is 9.88. The van der Waals surface area contributed by atoms with Crippen LogP contribution in [0.3, 0.4) is 0 Å². The molecule has 0 aromatic heterocycles. The van der Waals surface area contributed by atoms with Crippen LogP contribution in [0.2, 0.25) is 0 Å². The molecule has 0 fully saturated rings. The second-order valence-electron chi connectivity index (χ2n) is 10.00. The molecule has 0 amide bonds. The van der Waals surface area contributed by atoms with Crippen LogP contribution in [0.1, 0.15) is 53.0 Å². The highest BCUT2D eigenvalue weighted by Gasteiger charge is 2.41. The van der Waals surface area contributed by atoms with E-state index in [9.17, 15) is 20.1 Å². The number of allylic oxidation sites excluding steroid dienone is 7. The summed E-state index contributed by atoms with van der Waals surface area (Å²) < 4.78 is 5.24. The molecule has 1 aromatic carbocycles. The summed E-state index contributed by atoms with van der Waals surface area (Å²) in [5, 5.41) is 30.6. The maximum atomic E-state index is 11.8. The van der Waals surface area contributed by atoms with Crippen LogP contribution in [0.15, 0.2) is 102 Å². The standard InChI is InChI=1S/C32H42O5/c1-23(14-11-15-24(2)30(34)25(3)21-22-27-16-7-6-8-17-27)13-9-10-18-28(33)19-12-20-29-26(4)31(35)32(5,36)37-29/h6-18,20,24-25,28,30,33-34,36H,19,21-22H2,1-5H3/b13-9+,15-11+,18-10-,20-12+,23-14+. The molecule has 0 aliphatic carbocycles. The Kier molecular flexibility index (Phi) is 12.0. The van der Waals surface area contributed by atoms with Crippen molar-refractivity contribution in [1.29, 1.82) is 0 Å². The number of Topliss-reactive ketones (excluding diaryl/α,β-unsaturated/α-hetero) is 1. The van der Waals surface area contributed by atoms with E-state index in [1.54, 1.807) is 31.2 Å². The van der Waals surface area contributed by atoms with Gasteiger partial charge in [-0.15, -0.1) is 0 Å². The lowest BCUT2D eigenvalue weighted by Gasteiger charge is -2.22. The minimum absolute atomic E-state index is 0.0559. The molecule has 0 saturated heterocycles. The minimum atomic E-state index is -1.81. The molecule has 1 aromatic rings. The molecule has 1 heterocycles. The van der Waals surface area contributed by atoms with Crippen LogP contribution in [0.25, 0.3) is 0 Å². The first-order chi connectivity index (χ1) is 17.5. The average Bonchev–Trinajstić information content (AvgIpc) is 3.07. The Morgan fingerprint density at radius 3 is 2.43 bits per heavy atom. The molecular weight excluding hydrogens is 464 g/mol. The monoisotopic (exact) mass is 506 g/mol. The Labute approximate surface area is 221 Å². The summed E-state index contributed by atoms with van der Waals surface area (Å²) in [5.41, 5.74) is 2.71. The van der Waals surface area contributed by atoms with Gasteiger partial charge in [0.2, 0.25) is 5.78 Å². The zero-order chi connectivity index (χ0) is 27.4. The van der Waals surface area contributed by atoms with Crippen molar-refractivity contribution < 1.29 is 24.9 Å². The third-order valence-corrected chi connectivity index (χ3v) is 6.52. The van der Waals surface area contributed by atoms with Crippen molar-refractivity contribution in [3.05, 3.63) is 107 Å². The van der Waals surface area contributed by atoms with Crippen molar-refractivity contribution in [3.63, 3.8) is 0 Å². The number of carbonyl (C=O) groups excluding carboxylic acids is 1. The molecule has 2 rings (SSSR count). The molecule has 1 aliphatic heterocycles. The molecule has 5 atom stereocenters. The maximum Gasteiger partial charge on any atom is 0.269 e. The second-order valence-corrected chi connectivity index (χ2v) is 10.00. The van der Waals surface area contributed by atoms with E-state index in [0.29, 0.717) is 17.8 Å². The minimum Gasteiger partial charge on any atom is -0.455 e. The van der Waals surface area contributed by atoms with Crippen molar-refractivity contribution in [3.8, 4) is 0 Å². The Morgan fingerprint density at radius 2 is 1.78 bits per heavy atom. The van der Waals surface area contributed by atoms with Gasteiger partial charge < -0.3 is 20.1 Å². The zero-order valence-corrected chi connectivity index (χ0v) is 22.7. The molecule has 200 valence electrons. The van der Waals surface area contributed by atoms with E-state index in [-0.39, 0.29) is 11.8 Å².